The molecule has 0 bridgehead atoms. The van der Waals surface area contributed by atoms with Gasteiger partial charge < -0.3 is 9.47 Å². The van der Waals surface area contributed by atoms with E-state index in [0.29, 0.717) is 18.1 Å². The maximum atomic E-state index is 5.84. The molecule has 4 nitrogen and oxygen atoms in total. The topological polar surface area (TPSA) is 56.5 Å². The van der Waals surface area contributed by atoms with Gasteiger partial charge in [0.25, 0.3) is 0 Å². The van der Waals surface area contributed by atoms with Crippen LogP contribution in [0.1, 0.15) is 5.56 Å². The van der Waals surface area contributed by atoms with Crippen molar-refractivity contribution in [3.63, 3.8) is 0 Å². The standard InChI is InChI=1S/C16H19ClN2O2/c1-20-16-5-3-2-4-12(16)10-14(19-18)11-21-15-8-6-13(17)7-9-15/h2-9,14,19H,10-11,18H2,1H3. The van der Waals surface area contributed by atoms with E-state index in [2.05, 4.69) is 5.43 Å². The van der Waals surface area contributed by atoms with E-state index >= 15 is 0 Å². The second kappa shape index (κ2) is 7.88. The molecule has 0 saturated carbocycles. The zero-order chi connectivity index (χ0) is 15.1. The molecule has 2 aromatic rings. The minimum atomic E-state index is -0.0167. The largest absolute Gasteiger partial charge is 0.496 e. The predicted octanol–water partition coefficient (Wildman–Crippen LogP) is 2.80. The van der Waals surface area contributed by atoms with Crippen LogP contribution in [0.25, 0.3) is 0 Å². The summed E-state index contributed by atoms with van der Waals surface area (Å²) in [7, 11) is 1.66. The molecule has 1 unspecified atom stereocenters. The van der Waals surface area contributed by atoms with Crippen molar-refractivity contribution in [2.24, 2.45) is 5.84 Å². The summed E-state index contributed by atoms with van der Waals surface area (Å²) < 4.78 is 11.1. The van der Waals surface area contributed by atoms with Gasteiger partial charge >= 0.3 is 0 Å². The van der Waals surface area contributed by atoms with Gasteiger partial charge in [0.05, 0.1) is 13.2 Å². The Balaban J connectivity index is 1.95. The van der Waals surface area contributed by atoms with Crippen LogP contribution in [0.3, 0.4) is 0 Å². The predicted molar refractivity (Wildman–Crippen MR) is 84.8 cm³/mol. The minimum Gasteiger partial charge on any atom is -0.496 e. The molecule has 0 aliphatic carbocycles. The van der Waals surface area contributed by atoms with Gasteiger partial charge in [0.15, 0.2) is 0 Å². The van der Waals surface area contributed by atoms with Crippen LogP contribution in [0.5, 0.6) is 11.5 Å². The van der Waals surface area contributed by atoms with Crippen molar-refractivity contribution < 1.29 is 9.47 Å². The van der Waals surface area contributed by atoms with Gasteiger partial charge in [-0.05, 0) is 42.3 Å². The number of halogens is 1. The second-order valence-electron chi connectivity index (χ2n) is 4.64. The summed E-state index contributed by atoms with van der Waals surface area (Å²) >= 11 is 5.84. The summed E-state index contributed by atoms with van der Waals surface area (Å²) in [5, 5.41) is 0.685. The van der Waals surface area contributed by atoms with Crippen LogP contribution in [0.4, 0.5) is 0 Å². The molecule has 1 atom stereocenters. The third kappa shape index (κ3) is 4.63. The molecular weight excluding hydrogens is 288 g/mol. The van der Waals surface area contributed by atoms with Crippen molar-refractivity contribution in [2.45, 2.75) is 12.5 Å². The van der Waals surface area contributed by atoms with Crippen molar-refractivity contribution in [2.75, 3.05) is 13.7 Å². The molecule has 0 radical (unpaired) electrons. The van der Waals surface area contributed by atoms with Crippen LogP contribution in [-0.2, 0) is 6.42 Å². The molecule has 0 aliphatic heterocycles. The van der Waals surface area contributed by atoms with E-state index in [9.17, 15) is 0 Å². The Kier molecular flexibility index (Phi) is 5.87. The van der Waals surface area contributed by atoms with E-state index in [1.807, 2.05) is 36.4 Å². The zero-order valence-corrected chi connectivity index (χ0v) is 12.6. The van der Waals surface area contributed by atoms with Gasteiger partial charge in [-0.15, -0.1) is 0 Å². The molecule has 112 valence electrons. The lowest BCUT2D eigenvalue weighted by Crippen LogP contribution is -2.41. The lowest BCUT2D eigenvalue weighted by molar-refractivity contribution is 0.263. The smallest absolute Gasteiger partial charge is 0.122 e. The number of nitrogens with one attached hydrogen (secondary N) is 1. The van der Waals surface area contributed by atoms with Crippen LogP contribution in [0.15, 0.2) is 48.5 Å². The molecule has 0 heterocycles. The summed E-state index contributed by atoms with van der Waals surface area (Å²) in [6.45, 7) is 0.455. The Morgan fingerprint density at radius 3 is 2.52 bits per heavy atom. The van der Waals surface area contributed by atoms with Crippen molar-refractivity contribution in [3.05, 3.63) is 59.1 Å². The molecule has 0 fully saturated rings. The lowest BCUT2D eigenvalue weighted by atomic mass is 10.1. The number of methoxy groups -OCH3 is 1. The van der Waals surface area contributed by atoms with E-state index < -0.39 is 0 Å². The molecule has 0 aromatic heterocycles. The fraction of sp³-hybridized carbons (Fsp3) is 0.250. The van der Waals surface area contributed by atoms with Crippen LogP contribution in [0.2, 0.25) is 5.02 Å². The van der Waals surface area contributed by atoms with E-state index in [1.165, 1.54) is 0 Å². The summed E-state index contributed by atoms with van der Waals surface area (Å²) in [6.07, 6.45) is 0.716. The number of hydrogen-bond acceptors (Lipinski definition) is 4. The van der Waals surface area contributed by atoms with Gasteiger partial charge in [0, 0.05) is 5.02 Å². The van der Waals surface area contributed by atoms with Crippen LogP contribution < -0.4 is 20.7 Å². The van der Waals surface area contributed by atoms with Gasteiger partial charge in [-0.1, -0.05) is 29.8 Å². The van der Waals surface area contributed by atoms with E-state index in [4.69, 9.17) is 26.9 Å². The van der Waals surface area contributed by atoms with Crippen molar-refractivity contribution in [3.8, 4) is 11.5 Å². The van der Waals surface area contributed by atoms with Gasteiger partial charge in [0.2, 0.25) is 0 Å². The maximum absolute atomic E-state index is 5.84. The molecule has 2 rings (SSSR count). The third-order valence-electron chi connectivity index (χ3n) is 3.16. The normalized spacial score (nSPS) is 12.0. The first-order chi connectivity index (χ1) is 10.2. The van der Waals surface area contributed by atoms with E-state index in [0.717, 1.165) is 17.1 Å². The third-order valence-corrected chi connectivity index (χ3v) is 3.41. The quantitative estimate of drug-likeness (QED) is 0.610. The molecule has 0 amide bonds. The molecule has 0 aliphatic rings. The van der Waals surface area contributed by atoms with Gasteiger partial charge in [0.1, 0.15) is 18.1 Å². The van der Waals surface area contributed by atoms with E-state index in [1.54, 1.807) is 19.2 Å². The fourth-order valence-electron chi connectivity index (χ4n) is 2.03. The van der Waals surface area contributed by atoms with Crippen LogP contribution in [-0.4, -0.2) is 19.8 Å². The number of para-hydroxylation sites is 1. The first-order valence-electron chi connectivity index (χ1n) is 6.69. The highest BCUT2D eigenvalue weighted by molar-refractivity contribution is 6.30. The Morgan fingerprint density at radius 2 is 1.86 bits per heavy atom. The minimum absolute atomic E-state index is 0.0167. The average Bonchev–Trinajstić information content (AvgIpc) is 2.53. The van der Waals surface area contributed by atoms with Gasteiger partial charge in [-0.25, -0.2) is 0 Å². The van der Waals surface area contributed by atoms with Crippen LogP contribution >= 0.6 is 11.6 Å². The highest BCUT2D eigenvalue weighted by atomic mass is 35.5. The number of hydrogen-bond donors (Lipinski definition) is 2. The molecule has 0 saturated heterocycles. The Morgan fingerprint density at radius 1 is 1.14 bits per heavy atom. The van der Waals surface area contributed by atoms with Gasteiger partial charge in [-0.2, -0.15) is 0 Å². The second-order valence-corrected chi connectivity index (χ2v) is 5.08. The average molecular weight is 307 g/mol. The van der Waals surface area contributed by atoms with Crippen LogP contribution in [0, 0.1) is 0 Å². The summed E-state index contributed by atoms with van der Waals surface area (Å²) in [5.41, 5.74) is 3.86. The Hall–Kier alpha value is -1.75. The SMILES string of the molecule is COc1ccccc1CC(COc1ccc(Cl)cc1)NN. The first-order valence-corrected chi connectivity index (χ1v) is 7.07. The molecule has 3 N–H and O–H groups in total. The zero-order valence-electron chi connectivity index (χ0n) is 11.9. The summed E-state index contributed by atoms with van der Waals surface area (Å²) in [4.78, 5) is 0. The first kappa shape index (κ1) is 15.6. The van der Waals surface area contributed by atoms with Crippen molar-refractivity contribution >= 4 is 11.6 Å². The Bertz CT molecular complexity index is 560. The van der Waals surface area contributed by atoms with Crippen molar-refractivity contribution in [1.29, 1.82) is 0 Å². The molecule has 5 heteroatoms. The number of rotatable bonds is 7. The summed E-state index contributed by atoms with van der Waals surface area (Å²) in [6, 6.07) is 15.1. The molecule has 2 aromatic carbocycles. The fourth-order valence-corrected chi connectivity index (χ4v) is 2.16. The number of nitrogens with two attached hydrogens (primary N) is 1. The number of ether oxygens (including phenoxy) is 2. The van der Waals surface area contributed by atoms with Crippen molar-refractivity contribution in [1.82, 2.24) is 5.43 Å². The molecule has 21 heavy (non-hydrogen) atoms. The molecular formula is C16H19ClN2O2. The molecule has 0 spiro atoms. The summed E-state index contributed by atoms with van der Waals surface area (Å²) in [5.74, 6) is 7.22. The highest BCUT2D eigenvalue weighted by Gasteiger charge is 2.12. The Labute approximate surface area is 129 Å². The lowest BCUT2D eigenvalue weighted by Gasteiger charge is -2.18. The van der Waals surface area contributed by atoms with Gasteiger partial charge in [-0.3, -0.25) is 11.3 Å². The maximum Gasteiger partial charge on any atom is 0.122 e. The number of benzene rings is 2. The number of hydrazine groups is 1. The highest BCUT2D eigenvalue weighted by Crippen LogP contribution is 2.20. The van der Waals surface area contributed by atoms with E-state index in [-0.39, 0.29) is 6.04 Å². The monoisotopic (exact) mass is 306 g/mol.